The Morgan fingerprint density at radius 2 is 2.07 bits per heavy atom. The van der Waals surface area contributed by atoms with Crippen molar-refractivity contribution in [1.82, 2.24) is 19.3 Å². The molecule has 0 aliphatic carbocycles. The van der Waals surface area contributed by atoms with Gasteiger partial charge < -0.3 is 9.67 Å². The Morgan fingerprint density at radius 1 is 1.25 bits per heavy atom. The van der Waals surface area contributed by atoms with E-state index in [4.69, 9.17) is 0 Å². The molecule has 0 atom stereocenters. The van der Waals surface area contributed by atoms with E-state index < -0.39 is 17.3 Å². The van der Waals surface area contributed by atoms with Crippen LogP contribution in [0.2, 0.25) is 0 Å². The summed E-state index contributed by atoms with van der Waals surface area (Å²) in [5.74, 6) is -1.71. The number of nitrogens with zero attached hydrogens (tertiary/aromatic N) is 4. The maximum Gasteiger partial charge on any atom is 0.339 e. The third-order valence-electron chi connectivity index (χ3n) is 4.47. The van der Waals surface area contributed by atoms with Gasteiger partial charge in [-0.2, -0.15) is 5.10 Å². The molecule has 0 aliphatic rings. The van der Waals surface area contributed by atoms with Gasteiger partial charge in [0, 0.05) is 36.8 Å². The summed E-state index contributed by atoms with van der Waals surface area (Å²) in [4.78, 5) is 28.3. The van der Waals surface area contributed by atoms with E-state index in [1.165, 1.54) is 29.1 Å². The summed E-state index contributed by atoms with van der Waals surface area (Å²) in [5.41, 5.74) is 1.09. The van der Waals surface area contributed by atoms with E-state index in [1.807, 2.05) is 0 Å². The molecule has 0 aliphatic heterocycles. The van der Waals surface area contributed by atoms with Crippen LogP contribution in [0.1, 0.15) is 15.9 Å². The molecule has 8 heteroatoms. The fourth-order valence-electron chi connectivity index (χ4n) is 3.08. The van der Waals surface area contributed by atoms with Gasteiger partial charge >= 0.3 is 5.97 Å². The minimum absolute atomic E-state index is 0.0989. The third kappa shape index (κ3) is 3.05. The standard InChI is InChI=1S/C20H15FN4O3/c1-24-8-6-17(23-24)12-4-5-13(16(21)9-12)10-25-11-15(20(27)28)18-14(19(25)26)3-2-7-22-18/h2-9,11H,10H2,1H3,(H,27,28). The molecule has 0 saturated heterocycles. The second-order valence-electron chi connectivity index (χ2n) is 6.36. The molecule has 0 saturated carbocycles. The normalized spacial score (nSPS) is 11.1. The molecule has 0 bridgehead atoms. The first-order valence-electron chi connectivity index (χ1n) is 8.44. The number of carboxylic acid groups (broad SMARTS) is 1. The molecule has 3 aromatic heterocycles. The monoisotopic (exact) mass is 378 g/mol. The zero-order chi connectivity index (χ0) is 19.8. The number of aromatic carboxylic acids is 1. The van der Waals surface area contributed by atoms with Crippen LogP contribution in [0, 0.1) is 5.82 Å². The molecule has 0 unspecified atom stereocenters. The van der Waals surface area contributed by atoms with Gasteiger partial charge in [-0.05, 0) is 24.3 Å². The lowest BCUT2D eigenvalue weighted by molar-refractivity contribution is 0.0698. The van der Waals surface area contributed by atoms with Crippen LogP contribution >= 0.6 is 0 Å². The number of aromatic nitrogens is 4. The predicted molar refractivity (Wildman–Crippen MR) is 101 cm³/mol. The molecule has 0 spiro atoms. The van der Waals surface area contributed by atoms with Gasteiger partial charge in [0.2, 0.25) is 0 Å². The highest BCUT2D eigenvalue weighted by atomic mass is 19.1. The molecule has 1 aromatic carbocycles. The Labute approximate surface area is 158 Å². The van der Waals surface area contributed by atoms with E-state index in [0.29, 0.717) is 11.3 Å². The van der Waals surface area contributed by atoms with E-state index in [2.05, 4.69) is 10.1 Å². The summed E-state index contributed by atoms with van der Waals surface area (Å²) in [6.45, 7) is -0.0989. The van der Waals surface area contributed by atoms with Gasteiger partial charge in [0.25, 0.3) is 5.56 Å². The molecule has 0 fully saturated rings. The molecule has 4 rings (SSSR count). The molecule has 0 radical (unpaired) electrons. The van der Waals surface area contributed by atoms with Gasteiger partial charge in [-0.15, -0.1) is 0 Å². The molecule has 1 N–H and O–H groups in total. The van der Waals surface area contributed by atoms with Gasteiger partial charge in [-0.25, -0.2) is 9.18 Å². The van der Waals surface area contributed by atoms with Crippen molar-refractivity contribution in [3.05, 3.63) is 82.3 Å². The minimum Gasteiger partial charge on any atom is -0.478 e. The Bertz CT molecular complexity index is 1280. The Hall–Kier alpha value is -3.81. The van der Waals surface area contributed by atoms with Crippen LogP contribution in [0.5, 0.6) is 0 Å². The summed E-state index contributed by atoms with van der Waals surface area (Å²) >= 11 is 0. The second-order valence-corrected chi connectivity index (χ2v) is 6.36. The lowest BCUT2D eigenvalue weighted by Gasteiger charge is -2.11. The Morgan fingerprint density at radius 3 is 2.75 bits per heavy atom. The summed E-state index contributed by atoms with van der Waals surface area (Å²) in [5, 5.41) is 13.9. The van der Waals surface area contributed by atoms with Crippen molar-refractivity contribution >= 4 is 16.9 Å². The fraction of sp³-hybridized carbons (Fsp3) is 0.100. The summed E-state index contributed by atoms with van der Waals surface area (Å²) in [6.07, 6.45) is 4.39. The Kier molecular flexibility index (Phi) is 4.23. The number of carboxylic acids is 1. The van der Waals surface area contributed by atoms with Gasteiger partial charge in [-0.1, -0.05) is 12.1 Å². The van der Waals surface area contributed by atoms with Crippen molar-refractivity contribution < 1.29 is 14.3 Å². The number of hydrogen-bond acceptors (Lipinski definition) is 4. The third-order valence-corrected chi connectivity index (χ3v) is 4.47. The highest BCUT2D eigenvalue weighted by molar-refractivity contribution is 6.00. The number of hydrogen-bond donors (Lipinski definition) is 1. The van der Waals surface area contributed by atoms with Crippen LogP contribution in [-0.4, -0.2) is 30.4 Å². The van der Waals surface area contributed by atoms with Crippen molar-refractivity contribution in [2.24, 2.45) is 7.05 Å². The number of carbonyl (C=O) groups is 1. The van der Waals surface area contributed by atoms with Gasteiger partial charge in [0.1, 0.15) is 11.4 Å². The largest absolute Gasteiger partial charge is 0.478 e. The van der Waals surface area contributed by atoms with Crippen molar-refractivity contribution in [2.75, 3.05) is 0 Å². The van der Waals surface area contributed by atoms with Crippen molar-refractivity contribution in [1.29, 1.82) is 0 Å². The average Bonchev–Trinajstić information content (AvgIpc) is 3.11. The number of fused-ring (bicyclic) bond motifs is 1. The highest BCUT2D eigenvalue weighted by Gasteiger charge is 2.16. The van der Waals surface area contributed by atoms with Gasteiger partial charge in [0.05, 0.1) is 23.1 Å². The van der Waals surface area contributed by atoms with E-state index >= 15 is 0 Å². The SMILES string of the molecule is Cn1ccc(-c2ccc(Cn3cc(C(=O)O)c4ncccc4c3=O)c(F)c2)n1. The predicted octanol–water partition coefficient (Wildman–Crippen LogP) is 2.68. The molecule has 140 valence electrons. The summed E-state index contributed by atoms with van der Waals surface area (Å²) < 4.78 is 17.5. The number of halogens is 1. The second kappa shape index (κ2) is 6.73. The van der Waals surface area contributed by atoms with Gasteiger partial charge in [0.15, 0.2) is 0 Å². The number of rotatable bonds is 4. The molecule has 7 nitrogen and oxygen atoms in total. The van der Waals surface area contributed by atoms with Crippen molar-refractivity contribution in [2.45, 2.75) is 6.54 Å². The van der Waals surface area contributed by atoms with Crippen LogP contribution in [0.15, 0.2) is 59.8 Å². The zero-order valence-electron chi connectivity index (χ0n) is 14.8. The van der Waals surface area contributed by atoms with E-state index in [9.17, 15) is 19.1 Å². The van der Waals surface area contributed by atoms with Crippen LogP contribution in [-0.2, 0) is 13.6 Å². The van der Waals surface area contributed by atoms with Crippen molar-refractivity contribution in [3.8, 4) is 11.3 Å². The van der Waals surface area contributed by atoms with Crippen LogP contribution in [0.3, 0.4) is 0 Å². The van der Waals surface area contributed by atoms with E-state index in [1.54, 1.807) is 42.2 Å². The molecule has 3 heterocycles. The van der Waals surface area contributed by atoms with Crippen LogP contribution < -0.4 is 5.56 Å². The number of benzene rings is 1. The maximum atomic E-state index is 14.7. The molecular weight excluding hydrogens is 363 g/mol. The maximum absolute atomic E-state index is 14.7. The summed E-state index contributed by atoms with van der Waals surface area (Å²) in [7, 11) is 1.77. The first-order chi connectivity index (χ1) is 13.4. The first-order valence-corrected chi connectivity index (χ1v) is 8.44. The molecular formula is C20H15FN4O3. The summed E-state index contributed by atoms with van der Waals surface area (Å²) in [6, 6.07) is 9.47. The fourth-order valence-corrected chi connectivity index (χ4v) is 3.08. The molecule has 0 amide bonds. The average molecular weight is 378 g/mol. The molecule has 28 heavy (non-hydrogen) atoms. The van der Waals surface area contributed by atoms with Crippen molar-refractivity contribution in [3.63, 3.8) is 0 Å². The zero-order valence-corrected chi connectivity index (χ0v) is 14.8. The van der Waals surface area contributed by atoms with E-state index in [0.717, 1.165) is 0 Å². The topological polar surface area (TPSA) is 90.0 Å². The van der Waals surface area contributed by atoms with E-state index in [-0.39, 0.29) is 28.6 Å². The van der Waals surface area contributed by atoms with Gasteiger partial charge in [-0.3, -0.25) is 14.5 Å². The highest BCUT2D eigenvalue weighted by Crippen LogP contribution is 2.21. The van der Waals surface area contributed by atoms with Crippen LogP contribution in [0.25, 0.3) is 22.2 Å². The minimum atomic E-state index is -1.21. The first kappa shape index (κ1) is 17.6. The lowest BCUT2D eigenvalue weighted by atomic mass is 10.1. The Balaban J connectivity index is 1.77. The quantitative estimate of drug-likeness (QED) is 0.590. The lowest BCUT2D eigenvalue weighted by Crippen LogP contribution is -2.23. The van der Waals surface area contributed by atoms with Crippen LogP contribution in [0.4, 0.5) is 4.39 Å². The smallest absolute Gasteiger partial charge is 0.339 e. The number of pyridine rings is 2. The molecule has 4 aromatic rings. The number of aryl methyl sites for hydroxylation is 1.